The molecule has 0 aliphatic heterocycles. The van der Waals surface area contributed by atoms with E-state index in [4.69, 9.17) is 16.7 Å². The van der Waals surface area contributed by atoms with Crippen LogP contribution in [0.15, 0.2) is 18.2 Å². The van der Waals surface area contributed by atoms with Gasteiger partial charge in [0.15, 0.2) is 0 Å². The Morgan fingerprint density at radius 1 is 1.33 bits per heavy atom. The molecule has 1 aromatic rings. The van der Waals surface area contributed by atoms with E-state index in [1.54, 1.807) is 0 Å². The van der Waals surface area contributed by atoms with E-state index in [1.807, 2.05) is 0 Å². The van der Waals surface area contributed by atoms with Crippen molar-refractivity contribution in [1.82, 2.24) is 0 Å². The van der Waals surface area contributed by atoms with Gasteiger partial charge in [-0.25, -0.2) is 8.78 Å². The summed E-state index contributed by atoms with van der Waals surface area (Å²) in [6.07, 6.45) is -1.28. The lowest BCUT2D eigenvalue weighted by Crippen LogP contribution is -2.04. The first-order chi connectivity index (χ1) is 5.66. The minimum Gasteiger partial charge on any atom is -0.387 e. The Bertz CT molecular complexity index is 258. The zero-order valence-corrected chi connectivity index (χ0v) is 6.85. The fourth-order valence-corrected chi connectivity index (χ4v) is 1.06. The summed E-state index contributed by atoms with van der Waals surface area (Å²) >= 11 is 5.25. The standard InChI is InChI=1S/C8H7ClF2O/c9-4-7(12)8-5(10)2-1-3-6(8)11/h1-3,7,12H,4H2/t7-/m1/s1. The number of hydrogen-bond donors (Lipinski definition) is 1. The molecule has 0 heterocycles. The van der Waals surface area contributed by atoms with Gasteiger partial charge in [0.25, 0.3) is 0 Å². The molecule has 0 aliphatic rings. The largest absolute Gasteiger partial charge is 0.387 e. The van der Waals surface area contributed by atoms with Crippen molar-refractivity contribution < 1.29 is 13.9 Å². The Balaban J connectivity index is 3.12. The predicted molar refractivity (Wildman–Crippen MR) is 42.0 cm³/mol. The SMILES string of the molecule is O[C@H](CCl)c1c(F)cccc1F. The smallest absolute Gasteiger partial charge is 0.131 e. The Morgan fingerprint density at radius 3 is 2.25 bits per heavy atom. The lowest BCUT2D eigenvalue weighted by molar-refractivity contribution is 0.192. The van der Waals surface area contributed by atoms with E-state index in [-0.39, 0.29) is 11.4 Å². The molecule has 1 nitrogen and oxygen atoms in total. The van der Waals surface area contributed by atoms with Crippen molar-refractivity contribution in [3.05, 3.63) is 35.4 Å². The van der Waals surface area contributed by atoms with E-state index in [9.17, 15) is 8.78 Å². The molecule has 0 radical (unpaired) electrons. The molecule has 0 aromatic heterocycles. The second-order valence-electron chi connectivity index (χ2n) is 2.31. The summed E-state index contributed by atoms with van der Waals surface area (Å²) in [5, 5.41) is 9.08. The van der Waals surface area contributed by atoms with Gasteiger partial charge in [-0.2, -0.15) is 0 Å². The van der Waals surface area contributed by atoms with Gasteiger partial charge < -0.3 is 5.11 Å². The molecule has 1 atom stereocenters. The van der Waals surface area contributed by atoms with Gasteiger partial charge >= 0.3 is 0 Å². The molecule has 0 bridgehead atoms. The highest BCUT2D eigenvalue weighted by Crippen LogP contribution is 2.21. The van der Waals surface area contributed by atoms with E-state index in [0.717, 1.165) is 12.1 Å². The fraction of sp³-hybridized carbons (Fsp3) is 0.250. The van der Waals surface area contributed by atoms with E-state index in [0.29, 0.717) is 0 Å². The van der Waals surface area contributed by atoms with Crippen LogP contribution >= 0.6 is 11.6 Å². The number of halogens is 3. The van der Waals surface area contributed by atoms with Crippen LogP contribution in [0.4, 0.5) is 8.78 Å². The summed E-state index contributed by atoms with van der Waals surface area (Å²) in [5.41, 5.74) is -0.368. The third-order valence-corrected chi connectivity index (χ3v) is 1.77. The van der Waals surface area contributed by atoms with Gasteiger partial charge in [0.1, 0.15) is 11.6 Å². The first-order valence-corrected chi connectivity index (χ1v) is 3.88. The normalized spacial score (nSPS) is 13.0. The Kier molecular flexibility index (Phi) is 3.00. The molecule has 0 amide bonds. The molecule has 0 fully saturated rings. The van der Waals surface area contributed by atoms with Gasteiger partial charge in [-0.1, -0.05) is 6.07 Å². The minimum absolute atomic E-state index is 0.224. The van der Waals surface area contributed by atoms with Crippen LogP contribution in [0.3, 0.4) is 0 Å². The average molecular weight is 193 g/mol. The number of benzene rings is 1. The monoisotopic (exact) mass is 192 g/mol. The summed E-state index contributed by atoms with van der Waals surface area (Å²) in [5.74, 6) is -1.77. The molecule has 66 valence electrons. The molecule has 12 heavy (non-hydrogen) atoms. The Morgan fingerprint density at radius 2 is 1.83 bits per heavy atom. The molecule has 4 heteroatoms. The second-order valence-corrected chi connectivity index (χ2v) is 2.61. The summed E-state index contributed by atoms with van der Waals surface area (Å²) in [6.45, 7) is 0. The minimum atomic E-state index is -1.28. The first kappa shape index (κ1) is 9.42. The molecule has 0 unspecified atom stereocenters. The van der Waals surface area contributed by atoms with Gasteiger partial charge in [0, 0.05) is 0 Å². The van der Waals surface area contributed by atoms with Gasteiger partial charge in [-0.3, -0.25) is 0 Å². The van der Waals surface area contributed by atoms with Crippen LogP contribution in [0.1, 0.15) is 11.7 Å². The average Bonchev–Trinajstić information content (AvgIpc) is 2.03. The van der Waals surface area contributed by atoms with E-state index < -0.39 is 17.7 Å². The van der Waals surface area contributed by atoms with Crippen LogP contribution < -0.4 is 0 Å². The molecule has 0 aliphatic carbocycles. The maximum atomic E-state index is 12.8. The molecular formula is C8H7ClF2O. The maximum Gasteiger partial charge on any atom is 0.131 e. The Hall–Kier alpha value is -0.670. The molecule has 1 rings (SSSR count). The van der Waals surface area contributed by atoms with Crippen molar-refractivity contribution >= 4 is 11.6 Å². The van der Waals surface area contributed by atoms with Crippen LogP contribution in [-0.2, 0) is 0 Å². The number of alkyl halides is 1. The molecular weight excluding hydrogens is 186 g/mol. The first-order valence-electron chi connectivity index (χ1n) is 3.34. The molecule has 1 N–H and O–H groups in total. The molecule has 0 saturated heterocycles. The zero-order valence-electron chi connectivity index (χ0n) is 6.10. The van der Waals surface area contributed by atoms with Crippen LogP contribution in [0, 0.1) is 11.6 Å². The van der Waals surface area contributed by atoms with Crippen molar-refractivity contribution in [2.75, 3.05) is 5.88 Å². The second kappa shape index (κ2) is 3.83. The lowest BCUT2D eigenvalue weighted by Gasteiger charge is -2.08. The van der Waals surface area contributed by atoms with Crippen molar-refractivity contribution in [2.24, 2.45) is 0 Å². The highest BCUT2D eigenvalue weighted by atomic mass is 35.5. The van der Waals surface area contributed by atoms with Crippen molar-refractivity contribution in [3.8, 4) is 0 Å². The summed E-state index contributed by atoms with van der Waals surface area (Å²) in [4.78, 5) is 0. The van der Waals surface area contributed by atoms with E-state index >= 15 is 0 Å². The van der Waals surface area contributed by atoms with Gasteiger partial charge in [0.05, 0.1) is 17.5 Å². The summed E-state index contributed by atoms with van der Waals surface area (Å²) in [6, 6.07) is 3.39. The van der Waals surface area contributed by atoms with Gasteiger partial charge in [0.2, 0.25) is 0 Å². The van der Waals surface area contributed by atoms with Crippen LogP contribution in [-0.4, -0.2) is 11.0 Å². The van der Waals surface area contributed by atoms with Gasteiger partial charge in [-0.05, 0) is 12.1 Å². The van der Waals surface area contributed by atoms with Crippen molar-refractivity contribution in [2.45, 2.75) is 6.10 Å². The maximum absolute atomic E-state index is 12.8. The van der Waals surface area contributed by atoms with Crippen LogP contribution in [0.5, 0.6) is 0 Å². The number of aliphatic hydroxyl groups excluding tert-OH is 1. The highest BCUT2D eigenvalue weighted by molar-refractivity contribution is 6.18. The Labute approximate surface area is 73.6 Å². The predicted octanol–water partition coefficient (Wildman–Crippen LogP) is 2.24. The van der Waals surface area contributed by atoms with E-state index in [2.05, 4.69) is 0 Å². The topological polar surface area (TPSA) is 20.2 Å². The third-order valence-electron chi connectivity index (χ3n) is 1.48. The van der Waals surface area contributed by atoms with Gasteiger partial charge in [-0.15, -0.1) is 11.6 Å². The van der Waals surface area contributed by atoms with Crippen LogP contribution in [0.25, 0.3) is 0 Å². The molecule has 0 saturated carbocycles. The van der Waals surface area contributed by atoms with Crippen molar-refractivity contribution in [1.29, 1.82) is 0 Å². The zero-order chi connectivity index (χ0) is 9.14. The summed E-state index contributed by atoms with van der Waals surface area (Å²) < 4.78 is 25.7. The summed E-state index contributed by atoms with van der Waals surface area (Å²) in [7, 11) is 0. The number of rotatable bonds is 2. The highest BCUT2D eigenvalue weighted by Gasteiger charge is 2.15. The fourth-order valence-electron chi connectivity index (χ4n) is 0.906. The third kappa shape index (κ3) is 1.73. The lowest BCUT2D eigenvalue weighted by atomic mass is 10.1. The number of aliphatic hydroxyl groups is 1. The molecule has 1 aromatic carbocycles. The van der Waals surface area contributed by atoms with Crippen molar-refractivity contribution in [3.63, 3.8) is 0 Å². The van der Waals surface area contributed by atoms with Crippen LogP contribution in [0.2, 0.25) is 0 Å². The van der Waals surface area contributed by atoms with E-state index in [1.165, 1.54) is 6.07 Å². The molecule has 0 spiro atoms. The number of hydrogen-bond acceptors (Lipinski definition) is 1. The quantitative estimate of drug-likeness (QED) is 0.713.